The Morgan fingerprint density at radius 3 is 3.00 bits per heavy atom. The first kappa shape index (κ1) is 10.2. The monoisotopic (exact) mass is 221 g/mol. The lowest BCUT2D eigenvalue weighted by molar-refractivity contribution is 0.454. The molecule has 0 aliphatic heterocycles. The number of hydrogen-bond acceptors (Lipinski definition) is 5. The van der Waals surface area contributed by atoms with Crippen molar-refractivity contribution in [3.63, 3.8) is 0 Å². The zero-order valence-corrected chi connectivity index (χ0v) is 9.12. The zero-order chi connectivity index (χ0) is 10.7. The largest absolute Gasteiger partial charge is 0.440 e. The molecule has 0 bridgehead atoms. The molecular formula is C10H11N3OS. The Morgan fingerprint density at radius 1 is 1.47 bits per heavy atom. The van der Waals surface area contributed by atoms with E-state index in [0.29, 0.717) is 11.8 Å². The Balaban J connectivity index is 2.24. The van der Waals surface area contributed by atoms with E-state index in [4.69, 9.17) is 10.2 Å². The average molecular weight is 221 g/mol. The van der Waals surface area contributed by atoms with E-state index < -0.39 is 0 Å². The van der Waals surface area contributed by atoms with Gasteiger partial charge in [0.05, 0.1) is 6.20 Å². The van der Waals surface area contributed by atoms with Crippen molar-refractivity contribution in [1.82, 2.24) is 9.97 Å². The number of aryl methyl sites for hydroxylation is 1. The van der Waals surface area contributed by atoms with E-state index >= 15 is 0 Å². The van der Waals surface area contributed by atoms with Gasteiger partial charge in [-0.15, -0.1) is 0 Å². The molecular weight excluding hydrogens is 210 g/mol. The summed E-state index contributed by atoms with van der Waals surface area (Å²) in [5.41, 5.74) is 7.60. The molecule has 2 heterocycles. The van der Waals surface area contributed by atoms with Gasteiger partial charge in [0, 0.05) is 12.2 Å². The molecule has 2 aromatic rings. The van der Waals surface area contributed by atoms with Crippen LogP contribution in [-0.2, 0) is 6.54 Å². The maximum Gasteiger partial charge on any atom is 0.261 e. The second kappa shape index (κ2) is 4.46. The Morgan fingerprint density at radius 2 is 2.33 bits per heavy atom. The van der Waals surface area contributed by atoms with Crippen molar-refractivity contribution in [2.75, 3.05) is 0 Å². The summed E-state index contributed by atoms with van der Waals surface area (Å²) in [5, 5.41) is 1.45. The van der Waals surface area contributed by atoms with E-state index in [1.165, 1.54) is 11.8 Å². The molecule has 0 fully saturated rings. The Labute approximate surface area is 91.9 Å². The van der Waals surface area contributed by atoms with Gasteiger partial charge < -0.3 is 10.2 Å². The minimum atomic E-state index is 0.516. The Hall–Kier alpha value is -1.33. The number of aromatic nitrogens is 2. The van der Waals surface area contributed by atoms with Crippen LogP contribution in [0.5, 0.6) is 0 Å². The highest BCUT2D eigenvalue weighted by Crippen LogP contribution is 2.25. The molecule has 2 aromatic heterocycles. The number of oxazole rings is 1. The fourth-order valence-electron chi connectivity index (χ4n) is 1.23. The second-order valence-electron chi connectivity index (χ2n) is 3.06. The first-order valence-corrected chi connectivity index (χ1v) is 5.34. The van der Waals surface area contributed by atoms with Crippen LogP contribution in [0, 0.1) is 6.92 Å². The summed E-state index contributed by atoms with van der Waals surface area (Å²) in [6.07, 6.45) is 3.16. The summed E-state index contributed by atoms with van der Waals surface area (Å²) in [4.78, 5) is 8.39. The van der Waals surface area contributed by atoms with Gasteiger partial charge in [0.1, 0.15) is 11.3 Å². The van der Waals surface area contributed by atoms with Gasteiger partial charge in [-0.25, -0.2) is 9.97 Å². The van der Waals surface area contributed by atoms with Gasteiger partial charge in [-0.3, -0.25) is 0 Å². The van der Waals surface area contributed by atoms with Gasteiger partial charge in [0.2, 0.25) is 0 Å². The van der Waals surface area contributed by atoms with Crippen LogP contribution in [0.3, 0.4) is 0 Å². The summed E-state index contributed by atoms with van der Waals surface area (Å²) in [7, 11) is 0. The summed E-state index contributed by atoms with van der Waals surface area (Å²) < 4.78 is 5.13. The van der Waals surface area contributed by atoms with Crippen LogP contribution >= 0.6 is 11.8 Å². The third-order valence-electron chi connectivity index (χ3n) is 1.83. The van der Waals surface area contributed by atoms with E-state index in [9.17, 15) is 0 Å². The molecule has 0 unspecified atom stereocenters. The van der Waals surface area contributed by atoms with E-state index in [-0.39, 0.29) is 0 Å². The number of nitrogens with two attached hydrogens (primary N) is 1. The molecule has 78 valence electrons. The van der Waals surface area contributed by atoms with Crippen molar-refractivity contribution in [1.29, 1.82) is 0 Å². The minimum Gasteiger partial charge on any atom is -0.440 e. The van der Waals surface area contributed by atoms with Gasteiger partial charge >= 0.3 is 0 Å². The molecule has 2 N–H and O–H groups in total. The Kier molecular flexibility index (Phi) is 3.03. The van der Waals surface area contributed by atoms with Crippen LogP contribution in [0.4, 0.5) is 0 Å². The van der Waals surface area contributed by atoms with Crippen molar-refractivity contribution < 1.29 is 4.42 Å². The molecule has 0 aromatic carbocycles. The fraction of sp³-hybridized carbons (Fsp3) is 0.200. The lowest BCUT2D eigenvalue weighted by Crippen LogP contribution is -1.98. The number of hydrogen-bond donors (Lipinski definition) is 1. The predicted octanol–water partition coefficient (Wildman–Crippen LogP) is 1.99. The number of nitrogens with zero attached hydrogens (tertiary/aromatic N) is 2. The van der Waals surface area contributed by atoms with Crippen molar-refractivity contribution >= 4 is 11.8 Å². The summed E-state index contributed by atoms with van der Waals surface area (Å²) in [6, 6.07) is 3.92. The summed E-state index contributed by atoms with van der Waals surface area (Å²) in [5.74, 6) is 0. The lowest BCUT2D eigenvalue weighted by Gasteiger charge is -2.02. The Bertz CT molecular complexity index is 442. The van der Waals surface area contributed by atoms with E-state index in [1.807, 2.05) is 19.1 Å². The van der Waals surface area contributed by atoms with Crippen molar-refractivity contribution in [3.05, 3.63) is 35.9 Å². The average Bonchev–Trinajstić information content (AvgIpc) is 2.69. The van der Waals surface area contributed by atoms with Crippen LogP contribution in [0.25, 0.3) is 0 Å². The van der Waals surface area contributed by atoms with E-state index in [2.05, 4.69) is 9.97 Å². The normalized spacial score (nSPS) is 10.5. The van der Waals surface area contributed by atoms with Gasteiger partial charge in [-0.1, -0.05) is 0 Å². The first-order chi connectivity index (χ1) is 7.28. The van der Waals surface area contributed by atoms with Crippen molar-refractivity contribution in [2.45, 2.75) is 23.7 Å². The molecule has 2 rings (SSSR count). The molecule has 0 spiro atoms. The van der Waals surface area contributed by atoms with Crippen molar-refractivity contribution in [2.24, 2.45) is 5.73 Å². The van der Waals surface area contributed by atoms with Crippen LogP contribution in [0.1, 0.15) is 11.3 Å². The van der Waals surface area contributed by atoms with Gasteiger partial charge in [-0.2, -0.15) is 0 Å². The van der Waals surface area contributed by atoms with Crippen LogP contribution in [0.15, 0.2) is 39.3 Å². The zero-order valence-electron chi connectivity index (χ0n) is 8.30. The van der Waals surface area contributed by atoms with Crippen molar-refractivity contribution in [3.8, 4) is 0 Å². The smallest absolute Gasteiger partial charge is 0.261 e. The second-order valence-corrected chi connectivity index (χ2v) is 4.03. The highest BCUT2D eigenvalue weighted by Gasteiger charge is 2.04. The SMILES string of the molecule is Cc1cc(CN)cc(Sc2ncco2)n1. The summed E-state index contributed by atoms with van der Waals surface area (Å²) in [6.45, 7) is 2.46. The third kappa shape index (κ3) is 2.57. The molecule has 0 saturated carbocycles. The number of pyridine rings is 1. The van der Waals surface area contributed by atoms with E-state index in [1.54, 1.807) is 12.5 Å². The highest BCUT2D eigenvalue weighted by atomic mass is 32.2. The maximum absolute atomic E-state index is 5.58. The molecule has 0 saturated heterocycles. The summed E-state index contributed by atoms with van der Waals surface area (Å²) >= 11 is 1.39. The molecule has 0 aliphatic carbocycles. The van der Waals surface area contributed by atoms with Gasteiger partial charge in [0.15, 0.2) is 0 Å². The number of rotatable bonds is 3. The van der Waals surface area contributed by atoms with Crippen LogP contribution in [-0.4, -0.2) is 9.97 Å². The maximum atomic E-state index is 5.58. The van der Waals surface area contributed by atoms with Crippen LogP contribution < -0.4 is 5.73 Å². The molecule has 0 atom stereocenters. The molecule has 0 radical (unpaired) electrons. The fourth-order valence-corrected chi connectivity index (χ4v) is 2.02. The minimum absolute atomic E-state index is 0.516. The molecule has 0 amide bonds. The quantitative estimate of drug-likeness (QED) is 0.858. The van der Waals surface area contributed by atoms with E-state index in [0.717, 1.165) is 16.3 Å². The molecule has 4 nitrogen and oxygen atoms in total. The molecule has 15 heavy (non-hydrogen) atoms. The van der Waals surface area contributed by atoms with Crippen LogP contribution in [0.2, 0.25) is 0 Å². The van der Waals surface area contributed by atoms with Gasteiger partial charge in [-0.05, 0) is 36.4 Å². The standard InChI is InChI=1S/C10H11N3OS/c1-7-4-8(6-11)5-9(13-7)15-10-12-2-3-14-10/h2-5H,6,11H2,1H3. The first-order valence-electron chi connectivity index (χ1n) is 4.53. The third-order valence-corrected chi connectivity index (χ3v) is 2.62. The predicted molar refractivity (Wildman–Crippen MR) is 57.5 cm³/mol. The topological polar surface area (TPSA) is 64.9 Å². The molecule has 5 heteroatoms. The lowest BCUT2D eigenvalue weighted by atomic mass is 10.2. The highest BCUT2D eigenvalue weighted by molar-refractivity contribution is 7.99. The van der Waals surface area contributed by atoms with Gasteiger partial charge in [0.25, 0.3) is 5.22 Å². The molecule has 0 aliphatic rings.